The van der Waals surface area contributed by atoms with Gasteiger partial charge in [0.2, 0.25) is 10.6 Å². The second-order valence-electron chi connectivity index (χ2n) is 4.05. The van der Waals surface area contributed by atoms with Crippen molar-refractivity contribution >= 4 is 18.4 Å². The summed E-state index contributed by atoms with van der Waals surface area (Å²) in [5.74, 6) is 0.102. The summed E-state index contributed by atoms with van der Waals surface area (Å²) in [6.45, 7) is 0. The normalized spacial score (nSPS) is 11.1. The molecule has 2 aromatic heterocycles. The first-order valence-electron chi connectivity index (χ1n) is 5.98. The summed E-state index contributed by atoms with van der Waals surface area (Å²) in [5, 5.41) is 10.9. The zero-order chi connectivity index (χ0) is 14.7. The lowest BCUT2D eigenvalue weighted by atomic mass is 10.2. The van der Waals surface area contributed by atoms with E-state index in [2.05, 4.69) is 25.3 Å². The lowest BCUT2D eigenvalue weighted by Gasteiger charge is -1.99. The van der Waals surface area contributed by atoms with Crippen molar-refractivity contribution in [2.24, 2.45) is 5.10 Å². The van der Waals surface area contributed by atoms with E-state index < -0.39 is 0 Å². The van der Waals surface area contributed by atoms with E-state index in [-0.39, 0.29) is 5.82 Å². The quantitative estimate of drug-likeness (QED) is 0.595. The Balaban J connectivity index is 2.00. The average Bonchev–Trinajstić information content (AvgIpc) is 2.87. The Hall–Kier alpha value is -2.74. The third kappa shape index (κ3) is 2.90. The molecular weight excluding hydrogens is 291 g/mol. The van der Waals surface area contributed by atoms with Crippen molar-refractivity contribution in [3.8, 4) is 11.5 Å². The van der Waals surface area contributed by atoms with Crippen molar-refractivity contribution in [1.29, 1.82) is 0 Å². The smallest absolute Gasteiger partial charge is 0.216 e. The molecule has 0 aliphatic heterocycles. The zero-order valence-electron chi connectivity index (χ0n) is 10.6. The number of H-pyrrole nitrogens is 1. The predicted molar refractivity (Wildman–Crippen MR) is 77.8 cm³/mol. The van der Waals surface area contributed by atoms with Crippen molar-refractivity contribution < 1.29 is 4.39 Å². The molecule has 0 spiro atoms. The highest BCUT2D eigenvalue weighted by molar-refractivity contribution is 7.71. The van der Waals surface area contributed by atoms with E-state index >= 15 is 0 Å². The first kappa shape index (κ1) is 13.3. The molecule has 8 heteroatoms. The zero-order valence-corrected chi connectivity index (χ0v) is 11.5. The number of benzene rings is 1. The first-order chi connectivity index (χ1) is 10.2. The Labute approximate surface area is 124 Å². The molecule has 0 saturated heterocycles. The summed E-state index contributed by atoms with van der Waals surface area (Å²) >= 11 is 5.12. The molecule has 0 amide bonds. The standard InChI is InChI=1S/C13H9FN6S/c14-10-3-1-2-9(6-10)7-17-20-12(18-19-13(20)21)11-8-15-4-5-16-11/h1-8H,(H,19,21)/b17-7+. The summed E-state index contributed by atoms with van der Waals surface area (Å²) in [4.78, 5) is 8.12. The number of hydrogen-bond donors (Lipinski definition) is 1. The van der Waals surface area contributed by atoms with Gasteiger partial charge in [0.05, 0.1) is 12.4 Å². The summed E-state index contributed by atoms with van der Waals surface area (Å²) in [5.41, 5.74) is 1.14. The Kier molecular flexibility index (Phi) is 3.61. The fourth-order valence-corrected chi connectivity index (χ4v) is 1.87. The highest BCUT2D eigenvalue weighted by Crippen LogP contribution is 2.12. The fraction of sp³-hybridized carbons (Fsp3) is 0. The molecule has 0 unspecified atom stereocenters. The van der Waals surface area contributed by atoms with Crippen LogP contribution in [0.4, 0.5) is 4.39 Å². The molecule has 0 atom stereocenters. The molecule has 1 N–H and O–H groups in total. The summed E-state index contributed by atoms with van der Waals surface area (Å²) in [7, 11) is 0. The number of nitrogens with zero attached hydrogens (tertiary/aromatic N) is 5. The van der Waals surface area contributed by atoms with Crippen LogP contribution in [0.1, 0.15) is 5.56 Å². The van der Waals surface area contributed by atoms with Gasteiger partial charge in [0.25, 0.3) is 0 Å². The maximum atomic E-state index is 13.1. The van der Waals surface area contributed by atoms with Crippen molar-refractivity contribution in [3.05, 3.63) is 59.0 Å². The topological polar surface area (TPSA) is 71.8 Å². The van der Waals surface area contributed by atoms with Crippen LogP contribution in [0.25, 0.3) is 11.5 Å². The Morgan fingerprint density at radius 2 is 2.24 bits per heavy atom. The van der Waals surface area contributed by atoms with Gasteiger partial charge in [-0.1, -0.05) is 12.1 Å². The molecule has 0 bridgehead atoms. The molecule has 0 radical (unpaired) electrons. The SMILES string of the molecule is Fc1cccc(/C=N/n2c(-c3cnccn3)n[nH]c2=S)c1. The Morgan fingerprint density at radius 3 is 3.00 bits per heavy atom. The van der Waals surface area contributed by atoms with Crippen LogP contribution >= 0.6 is 12.2 Å². The minimum atomic E-state index is -0.330. The highest BCUT2D eigenvalue weighted by atomic mass is 32.1. The molecule has 1 aromatic carbocycles. The minimum Gasteiger partial charge on any atom is -0.261 e. The lowest BCUT2D eigenvalue weighted by molar-refractivity contribution is 0.627. The van der Waals surface area contributed by atoms with Crippen LogP contribution in [0, 0.1) is 10.6 Å². The maximum absolute atomic E-state index is 13.1. The number of nitrogens with one attached hydrogen (secondary N) is 1. The Bertz CT molecular complexity index is 839. The minimum absolute atomic E-state index is 0.309. The molecule has 0 fully saturated rings. The summed E-state index contributed by atoms with van der Waals surface area (Å²) in [6, 6.07) is 6.08. The highest BCUT2D eigenvalue weighted by Gasteiger charge is 2.09. The van der Waals surface area contributed by atoms with Gasteiger partial charge in [-0.3, -0.25) is 4.98 Å². The van der Waals surface area contributed by atoms with Crippen LogP contribution in [0.3, 0.4) is 0 Å². The van der Waals surface area contributed by atoms with Crippen LogP contribution in [-0.2, 0) is 0 Å². The van der Waals surface area contributed by atoms with Crippen molar-refractivity contribution in [3.63, 3.8) is 0 Å². The molecule has 0 aliphatic rings. The number of aromatic amines is 1. The number of hydrogen-bond acceptors (Lipinski definition) is 5. The van der Waals surface area contributed by atoms with Gasteiger partial charge in [0.15, 0.2) is 0 Å². The average molecular weight is 300 g/mol. The monoisotopic (exact) mass is 300 g/mol. The van der Waals surface area contributed by atoms with E-state index in [0.29, 0.717) is 21.9 Å². The van der Waals surface area contributed by atoms with Gasteiger partial charge in [-0.2, -0.15) is 14.9 Å². The molecule has 3 aromatic rings. The van der Waals surface area contributed by atoms with Crippen molar-refractivity contribution in [2.75, 3.05) is 0 Å². The van der Waals surface area contributed by atoms with Gasteiger partial charge < -0.3 is 0 Å². The van der Waals surface area contributed by atoms with Gasteiger partial charge >= 0.3 is 0 Å². The fourth-order valence-electron chi connectivity index (χ4n) is 1.69. The van der Waals surface area contributed by atoms with Gasteiger partial charge in [0.1, 0.15) is 11.5 Å². The number of aromatic nitrogens is 5. The molecule has 6 nitrogen and oxygen atoms in total. The largest absolute Gasteiger partial charge is 0.261 e. The van der Waals surface area contributed by atoms with E-state index in [4.69, 9.17) is 12.2 Å². The molecule has 2 heterocycles. The number of rotatable bonds is 3. The van der Waals surface area contributed by atoms with Gasteiger partial charge in [-0.15, -0.1) is 0 Å². The molecule has 104 valence electrons. The number of halogens is 1. The maximum Gasteiger partial charge on any atom is 0.216 e. The Morgan fingerprint density at radius 1 is 1.33 bits per heavy atom. The van der Waals surface area contributed by atoms with Crippen LogP contribution < -0.4 is 0 Å². The van der Waals surface area contributed by atoms with Crippen LogP contribution in [-0.4, -0.2) is 31.1 Å². The van der Waals surface area contributed by atoms with E-state index in [1.165, 1.54) is 23.0 Å². The second-order valence-corrected chi connectivity index (χ2v) is 4.44. The summed E-state index contributed by atoms with van der Waals surface area (Å²) in [6.07, 6.45) is 6.16. The third-order valence-electron chi connectivity index (χ3n) is 2.61. The summed E-state index contributed by atoms with van der Waals surface area (Å²) < 4.78 is 14.8. The van der Waals surface area contributed by atoms with Gasteiger partial charge in [-0.05, 0) is 29.9 Å². The van der Waals surface area contributed by atoms with Crippen LogP contribution in [0.2, 0.25) is 0 Å². The lowest BCUT2D eigenvalue weighted by Crippen LogP contribution is -1.97. The second kappa shape index (κ2) is 5.71. The van der Waals surface area contributed by atoms with Crippen molar-refractivity contribution in [1.82, 2.24) is 24.8 Å². The van der Waals surface area contributed by atoms with E-state index in [0.717, 1.165) is 0 Å². The van der Waals surface area contributed by atoms with E-state index in [9.17, 15) is 4.39 Å². The van der Waals surface area contributed by atoms with E-state index in [1.54, 1.807) is 30.7 Å². The van der Waals surface area contributed by atoms with Gasteiger partial charge in [-0.25, -0.2) is 14.5 Å². The molecular formula is C13H9FN6S. The molecule has 3 rings (SSSR count). The van der Waals surface area contributed by atoms with Crippen LogP contribution in [0.15, 0.2) is 48.0 Å². The third-order valence-corrected chi connectivity index (χ3v) is 2.88. The predicted octanol–water partition coefficient (Wildman–Crippen LogP) is 2.42. The van der Waals surface area contributed by atoms with Crippen LogP contribution in [0.5, 0.6) is 0 Å². The van der Waals surface area contributed by atoms with E-state index in [1.807, 2.05) is 0 Å². The van der Waals surface area contributed by atoms with Gasteiger partial charge in [0, 0.05) is 12.4 Å². The van der Waals surface area contributed by atoms with Crippen molar-refractivity contribution in [2.45, 2.75) is 0 Å². The molecule has 21 heavy (non-hydrogen) atoms. The first-order valence-corrected chi connectivity index (χ1v) is 6.38. The molecule has 0 saturated carbocycles. The molecule has 0 aliphatic carbocycles.